The third-order valence-electron chi connectivity index (χ3n) is 3.00. The number of aromatic nitrogens is 2. The summed E-state index contributed by atoms with van der Waals surface area (Å²) in [4.78, 5) is 8.37. The molecule has 0 atom stereocenters. The van der Waals surface area contributed by atoms with Crippen molar-refractivity contribution in [3.63, 3.8) is 0 Å². The van der Waals surface area contributed by atoms with E-state index in [-0.39, 0.29) is 18.6 Å². The first-order chi connectivity index (χ1) is 14.2. The summed E-state index contributed by atoms with van der Waals surface area (Å²) >= 11 is 0. The monoisotopic (exact) mass is 487 g/mol. The van der Waals surface area contributed by atoms with Crippen LogP contribution in [-0.2, 0) is 28.7 Å². The summed E-state index contributed by atoms with van der Waals surface area (Å²) < 4.78 is 57.5. The van der Waals surface area contributed by atoms with Crippen LogP contribution in [0.4, 0.5) is 13.2 Å². The van der Waals surface area contributed by atoms with Gasteiger partial charge in [0.25, 0.3) is 0 Å². The molecule has 2 aliphatic rings. The van der Waals surface area contributed by atoms with Crippen LogP contribution in [0.15, 0.2) is 48.8 Å². The van der Waals surface area contributed by atoms with E-state index < -0.39 is 15.6 Å². The molecule has 11 radical (unpaired) electrons. The Morgan fingerprint density at radius 3 is 1.06 bits per heavy atom. The number of nitrogens with zero attached hydrogens (tertiary/aromatic N) is 2. The summed E-state index contributed by atoms with van der Waals surface area (Å²) in [7, 11) is -5.84. The van der Waals surface area contributed by atoms with Crippen molar-refractivity contribution in [2.24, 2.45) is 0 Å². The Morgan fingerprint density at radius 1 is 0.645 bits per heavy atom. The van der Waals surface area contributed by atoms with Crippen molar-refractivity contribution in [3.8, 4) is 11.4 Å². The largest absolute Gasteiger partial charge is 4.00 e. The van der Waals surface area contributed by atoms with Gasteiger partial charge in [-0.2, -0.15) is 21.6 Å². The van der Waals surface area contributed by atoms with Crippen LogP contribution in [0.25, 0.3) is 11.4 Å². The molecule has 31 heavy (non-hydrogen) atoms. The molecule has 0 amide bonds. The molecule has 4 rings (SSSR count). The van der Waals surface area contributed by atoms with Gasteiger partial charge in [0.2, 0.25) is 0 Å². The minimum atomic E-state index is -5.84. The van der Waals surface area contributed by atoms with Crippen molar-refractivity contribution in [1.82, 2.24) is 9.97 Å². The molecule has 2 aromatic heterocycles. The number of hydrogen-bond acceptors (Lipinski definition) is 4. The molecule has 0 spiro atoms. The fourth-order valence-electron chi connectivity index (χ4n) is 1.67. The Balaban J connectivity index is 0.000000412. The zero-order chi connectivity index (χ0) is 22.3. The summed E-state index contributed by atoms with van der Waals surface area (Å²) in [6.45, 7) is 0. The minimum Gasteiger partial charge on any atom is -0.279 e. The molecule has 10 heteroatoms. The zero-order valence-electron chi connectivity index (χ0n) is 16.0. The van der Waals surface area contributed by atoms with E-state index in [0.29, 0.717) is 0 Å². The molecular formula is C21H19F3N2O3SV+4. The molecule has 159 valence electrons. The molecule has 0 saturated heterocycles. The average molecular weight is 487 g/mol. The molecule has 2 saturated carbocycles. The van der Waals surface area contributed by atoms with Gasteiger partial charge in [-0.3, -0.25) is 14.5 Å². The predicted molar refractivity (Wildman–Crippen MR) is 108 cm³/mol. The summed E-state index contributed by atoms with van der Waals surface area (Å²) in [6, 6.07) is 11.6. The first-order valence-electron chi connectivity index (χ1n) is 8.41. The number of rotatable bonds is 1. The number of hydrogen-bond donors (Lipinski definition) is 1. The molecule has 0 unspecified atom stereocenters. The molecule has 0 aliphatic heterocycles. The van der Waals surface area contributed by atoms with Gasteiger partial charge in [-0.15, -0.1) is 0 Å². The quantitative estimate of drug-likeness (QED) is 0.471. The molecule has 2 aromatic rings. The summed E-state index contributed by atoms with van der Waals surface area (Å²) in [5.74, 6) is 0. The Kier molecular flexibility index (Phi) is 15.5. The summed E-state index contributed by atoms with van der Waals surface area (Å²) in [5, 5.41) is 0. The van der Waals surface area contributed by atoms with Crippen LogP contribution in [0.2, 0.25) is 0 Å². The van der Waals surface area contributed by atoms with Gasteiger partial charge >= 0.3 is 34.2 Å². The van der Waals surface area contributed by atoms with Crippen LogP contribution in [0.1, 0.15) is 0 Å². The summed E-state index contributed by atoms with van der Waals surface area (Å²) in [6.07, 6.45) is 23.5. The van der Waals surface area contributed by atoms with Crippen molar-refractivity contribution in [2.45, 2.75) is 5.51 Å². The summed E-state index contributed by atoms with van der Waals surface area (Å²) in [5.41, 5.74) is -3.70. The Bertz CT molecular complexity index is 722. The fourth-order valence-corrected chi connectivity index (χ4v) is 1.67. The average Bonchev–Trinajstić information content (AvgIpc) is 3.47. The molecular weight excluding hydrogens is 468 g/mol. The van der Waals surface area contributed by atoms with Gasteiger partial charge < -0.3 is 0 Å². The molecule has 0 bridgehead atoms. The van der Waals surface area contributed by atoms with E-state index in [1.165, 1.54) is 0 Å². The normalized spacial score (nSPS) is 15.1. The maximum absolute atomic E-state index is 10.7. The minimum absolute atomic E-state index is 0. The van der Waals surface area contributed by atoms with Crippen molar-refractivity contribution in [3.05, 3.63) is 113 Å². The molecule has 5 nitrogen and oxygen atoms in total. The third-order valence-corrected chi connectivity index (χ3v) is 3.58. The van der Waals surface area contributed by atoms with Gasteiger partial charge in [-0.1, -0.05) is 12.1 Å². The van der Waals surface area contributed by atoms with Gasteiger partial charge in [0, 0.05) is 12.4 Å². The molecule has 0 aromatic carbocycles. The van der Waals surface area contributed by atoms with Crippen LogP contribution < -0.4 is 0 Å². The van der Waals surface area contributed by atoms with E-state index in [9.17, 15) is 13.2 Å². The van der Waals surface area contributed by atoms with Crippen LogP contribution in [-0.4, -0.2) is 28.4 Å². The second kappa shape index (κ2) is 16.3. The van der Waals surface area contributed by atoms with Gasteiger partial charge in [-0.25, -0.2) is 0 Å². The predicted octanol–water partition coefficient (Wildman–Crippen LogP) is 4.58. The third kappa shape index (κ3) is 14.3. The number of pyridine rings is 2. The fraction of sp³-hybridized carbons (Fsp3) is 0.0476. The topological polar surface area (TPSA) is 80.2 Å². The standard InChI is InChI=1S/C10H8N2.2C5H5.CHF3O3S.V/c1-3-7-11-9(5-1)10-6-2-4-8-12-10;2*1-2-4-5-3-1;2-1(3,4)8(5,6)7;/h1-8H;2*1-5H;(H,5,6,7);/q;;;;+4. The van der Waals surface area contributed by atoms with E-state index in [0.717, 1.165) is 11.4 Å². The van der Waals surface area contributed by atoms with E-state index in [1.807, 2.05) is 101 Å². The maximum Gasteiger partial charge on any atom is 4.00 e. The Morgan fingerprint density at radius 2 is 0.903 bits per heavy atom. The zero-order valence-corrected chi connectivity index (χ0v) is 18.3. The first kappa shape index (κ1) is 29.6. The van der Waals surface area contributed by atoms with E-state index in [1.54, 1.807) is 12.4 Å². The van der Waals surface area contributed by atoms with Crippen LogP contribution in [0.3, 0.4) is 0 Å². The van der Waals surface area contributed by atoms with Crippen LogP contribution >= 0.6 is 0 Å². The van der Waals surface area contributed by atoms with Crippen LogP contribution in [0, 0.1) is 64.2 Å². The van der Waals surface area contributed by atoms with E-state index >= 15 is 0 Å². The van der Waals surface area contributed by atoms with Gasteiger partial charge in [0.05, 0.1) is 11.4 Å². The van der Waals surface area contributed by atoms with Crippen molar-refractivity contribution >= 4 is 10.1 Å². The number of alkyl halides is 3. The van der Waals surface area contributed by atoms with Crippen molar-refractivity contribution in [1.29, 1.82) is 0 Å². The van der Waals surface area contributed by atoms with Gasteiger partial charge in [-0.05, 0) is 88.5 Å². The SMILES string of the molecule is O=S(=O)(O)C(F)(F)F.[CH]1[CH][CH][CH][CH]1.[CH]1[CH][CH][CH][CH]1.[V+4].c1ccc(-c2ccccn2)nc1. The first-order valence-corrected chi connectivity index (χ1v) is 9.85. The van der Waals surface area contributed by atoms with E-state index in [2.05, 4.69) is 9.97 Å². The smallest absolute Gasteiger partial charge is 0.279 e. The molecule has 2 fully saturated rings. The van der Waals surface area contributed by atoms with Crippen molar-refractivity contribution < 1.29 is 44.7 Å². The Labute approximate surface area is 194 Å². The van der Waals surface area contributed by atoms with Gasteiger partial charge in [0.1, 0.15) is 0 Å². The number of halogens is 3. The molecule has 1 N–H and O–H groups in total. The maximum atomic E-state index is 10.7. The molecule has 2 heterocycles. The van der Waals surface area contributed by atoms with E-state index in [4.69, 9.17) is 13.0 Å². The second-order valence-corrected chi connectivity index (χ2v) is 6.69. The van der Waals surface area contributed by atoms with Crippen LogP contribution in [0.5, 0.6) is 0 Å². The molecule has 2 aliphatic carbocycles. The second-order valence-electron chi connectivity index (χ2n) is 5.28. The Hall–Kier alpha value is -1.42. The van der Waals surface area contributed by atoms with Gasteiger partial charge in [0.15, 0.2) is 0 Å². The van der Waals surface area contributed by atoms with Crippen molar-refractivity contribution in [2.75, 3.05) is 0 Å².